The van der Waals surface area contributed by atoms with Gasteiger partial charge in [0.2, 0.25) is 0 Å². The first-order valence-corrected chi connectivity index (χ1v) is 2.43. The van der Waals surface area contributed by atoms with E-state index in [4.69, 9.17) is 0 Å². The zero-order valence-corrected chi connectivity index (χ0v) is 4.70. The van der Waals surface area contributed by atoms with E-state index < -0.39 is 0 Å². The Bertz CT molecular complexity index is 148. The van der Waals surface area contributed by atoms with E-state index in [-0.39, 0.29) is 0 Å². The molecule has 1 radical (unpaired) electrons. The average Bonchev–Trinajstić information content (AvgIpc) is 1.90. The van der Waals surface area contributed by atoms with Crippen LogP contribution in [0.15, 0.2) is 24.5 Å². The monoisotopic (exact) mass is 107 g/mol. The minimum absolute atomic E-state index is 0.924. The minimum atomic E-state index is 0.924. The maximum Gasteiger partial charge on any atom is 0.0754 e. The molecular weight excluding hydrogens is 100 g/mol. The lowest BCUT2D eigenvalue weighted by Gasteiger charge is -1.89. The predicted molar refractivity (Wildman–Crippen MR) is 32.0 cm³/mol. The number of aromatic nitrogens is 1. The quantitative estimate of drug-likeness (QED) is 0.524. The SMILES string of the molecule is C[N]c1cccnc1. The molecule has 0 amide bonds. The second-order valence-electron chi connectivity index (χ2n) is 1.43. The van der Waals surface area contributed by atoms with Gasteiger partial charge in [-0.05, 0) is 12.1 Å². The molecule has 0 atom stereocenters. The van der Waals surface area contributed by atoms with Gasteiger partial charge in [0.05, 0.1) is 11.9 Å². The summed E-state index contributed by atoms with van der Waals surface area (Å²) in [5.74, 6) is 0. The molecule has 0 aliphatic carbocycles. The first-order valence-electron chi connectivity index (χ1n) is 2.43. The lowest BCUT2D eigenvalue weighted by Crippen LogP contribution is -1.84. The zero-order valence-electron chi connectivity index (χ0n) is 4.70. The fourth-order valence-corrected chi connectivity index (χ4v) is 0.486. The van der Waals surface area contributed by atoms with Crippen molar-refractivity contribution in [2.45, 2.75) is 0 Å². The molecule has 1 rings (SSSR count). The van der Waals surface area contributed by atoms with E-state index in [0.717, 1.165) is 5.69 Å². The predicted octanol–water partition coefficient (Wildman–Crippen LogP) is 0.947. The van der Waals surface area contributed by atoms with Crippen molar-refractivity contribution in [2.24, 2.45) is 0 Å². The summed E-state index contributed by atoms with van der Waals surface area (Å²) >= 11 is 0. The molecule has 1 aromatic rings. The van der Waals surface area contributed by atoms with Crippen molar-refractivity contribution < 1.29 is 0 Å². The van der Waals surface area contributed by atoms with Crippen LogP contribution in [-0.2, 0) is 0 Å². The van der Waals surface area contributed by atoms with Crippen LogP contribution in [0, 0.1) is 0 Å². The van der Waals surface area contributed by atoms with Gasteiger partial charge in [-0.2, -0.15) is 0 Å². The Morgan fingerprint density at radius 3 is 2.88 bits per heavy atom. The summed E-state index contributed by atoms with van der Waals surface area (Å²) in [4.78, 5) is 3.86. The highest BCUT2D eigenvalue weighted by Gasteiger charge is 1.81. The largest absolute Gasteiger partial charge is 0.287 e. The number of nitrogens with zero attached hydrogens (tertiary/aromatic N) is 2. The van der Waals surface area contributed by atoms with E-state index in [0.29, 0.717) is 0 Å². The number of hydrogen-bond acceptors (Lipinski definition) is 1. The van der Waals surface area contributed by atoms with Crippen LogP contribution in [0.5, 0.6) is 0 Å². The molecule has 2 nitrogen and oxygen atoms in total. The molecule has 0 spiro atoms. The van der Waals surface area contributed by atoms with E-state index in [1.165, 1.54) is 0 Å². The summed E-state index contributed by atoms with van der Waals surface area (Å²) in [5.41, 5.74) is 0.924. The van der Waals surface area contributed by atoms with Crippen LogP contribution in [-0.4, -0.2) is 12.0 Å². The fraction of sp³-hybridized carbons (Fsp3) is 0.167. The van der Waals surface area contributed by atoms with E-state index in [2.05, 4.69) is 10.3 Å². The highest BCUT2D eigenvalue weighted by Crippen LogP contribution is 1.98. The van der Waals surface area contributed by atoms with E-state index in [1.807, 2.05) is 12.1 Å². The first kappa shape index (κ1) is 5.09. The number of pyridine rings is 1. The molecule has 0 N–H and O–H groups in total. The Hall–Kier alpha value is -1.05. The minimum Gasteiger partial charge on any atom is -0.287 e. The van der Waals surface area contributed by atoms with E-state index in [1.54, 1.807) is 19.4 Å². The molecule has 0 aromatic carbocycles. The second kappa shape index (κ2) is 2.31. The Balaban J connectivity index is 2.83. The van der Waals surface area contributed by atoms with Crippen LogP contribution >= 0.6 is 0 Å². The Morgan fingerprint density at radius 1 is 1.62 bits per heavy atom. The molecule has 0 saturated heterocycles. The molecule has 0 aliphatic rings. The average molecular weight is 107 g/mol. The highest BCUT2D eigenvalue weighted by atomic mass is 14.8. The molecule has 1 aromatic heterocycles. The van der Waals surface area contributed by atoms with Crippen molar-refractivity contribution in [3.63, 3.8) is 0 Å². The van der Waals surface area contributed by atoms with Gasteiger partial charge in [0.15, 0.2) is 0 Å². The molecule has 8 heavy (non-hydrogen) atoms. The summed E-state index contributed by atoms with van der Waals surface area (Å²) in [5, 5.41) is 3.91. The van der Waals surface area contributed by atoms with Crippen LogP contribution in [0.3, 0.4) is 0 Å². The Labute approximate surface area is 48.6 Å². The molecule has 0 saturated carbocycles. The number of rotatable bonds is 1. The van der Waals surface area contributed by atoms with Crippen LogP contribution in [0.25, 0.3) is 0 Å². The smallest absolute Gasteiger partial charge is 0.0754 e. The third-order valence-corrected chi connectivity index (χ3v) is 0.904. The standard InChI is InChI=1S/C6H7N2/c1-7-6-3-2-4-8-5-6/h2-5H,1H3. The first-order chi connectivity index (χ1) is 3.93. The van der Waals surface area contributed by atoms with Crippen LogP contribution in [0.1, 0.15) is 0 Å². The van der Waals surface area contributed by atoms with Crippen molar-refractivity contribution >= 4 is 5.69 Å². The molecule has 1 heterocycles. The van der Waals surface area contributed by atoms with Gasteiger partial charge >= 0.3 is 0 Å². The van der Waals surface area contributed by atoms with Gasteiger partial charge in [0.1, 0.15) is 0 Å². The van der Waals surface area contributed by atoms with Crippen molar-refractivity contribution in [1.29, 1.82) is 0 Å². The van der Waals surface area contributed by atoms with E-state index >= 15 is 0 Å². The van der Waals surface area contributed by atoms with Crippen molar-refractivity contribution in [3.8, 4) is 0 Å². The van der Waals surface area contributed by atoms with E-state index in [9.17, 15) is 0 Å². The molecule has 0 unspecified atom stereocenters. The highest BCUT2D eigenvalue weighted by molar-refractivity contribution is 5.29. The van der Waals surface area contributed by atoms with Crippen molar-refractivity contribution in [1.82, 2.24) is 10.3 Å². The molecule has 0 bridgehead atoms. The topological polar surface area (TPSA) is 27.0 Å². The van der Waals surface area contributed by atoms with Crippen molar-refractivity contribution in [3.05, 3.63) is 24.5 Å². The van der Waals surface area contributed by atoms with Gasteiger partial charge in [0.25, 0.3) is 0 Å². The zero-order chi connectivity index (χ0) is 5.82. The molecule has 0 aliphatic heterocycles. The summed E-state index contributed by atoms with van der Waals surface area (Å²) in [6.45, 7) is 0. The molecule has 0 fully saturated rings. The maximum absolute atomic E-state index is 3.91. The summed E-state index contributed by atoms with van der Waals surface area (Å²) in [6, 6.07) is 3.77. The second-order valence-corrected chi connectivity index (χ2v) is 1.43. The Morgan fingerprint density at radius 2 is 2.50 bits per heavy atom. The molecule has 41 valence electrons. The normalized spacial score (nSPS) is 8.62. The lowest BCUT2D eigenvalue weighted by molar-refractivity contribution is 1.07. The molecular formula is C6H7N2. The summed E-state index contributed by atoms with van der Waals surface area (Å²) in [7, 11) is 1.75. The summed E-state index contributed by atoms with van der Waals surface area (Å²) < 4.78 is 0. The van der Waals surface area contributed by atoms with Gasteiger partial charge in [-0.1, -0.05) is 0 Å². The lowest BCUT2D eigenvalue weighted by atomic mass is 10.4. The fourth-order valence-electron chi connectivity index (χ4n) is 0.486. The van der Waals surface area contributed by atoms with Crippen LogP contribution < -0.4 is 5.32 Å². The Kier molecular flexibility index (Phi) is 1.47. The van der Waals surface area contributed by atoms with Crippen LogP contribution in [0.2, 0.25) is 0 Å². The maximum atomic E-state index is 3.91. The van der Waals surface area contributed by atoms with Crippen molar-refractivity contribution in [2.75, 3.05) is 7.05 Å². The third-order valence-electron chi connectivity index (χ3n) is 0.904. The summed E-state index contributed by atoms with van der Waals surface area (Å²) in [6.07, 6.45) is 3.45. The van der Waals surface area contributed by atoms with Gasteiger partial charge in [-0.3, -0.25) is 10.3 Å². The van der Waals surface area contributed by atoms with Gasteiger partial charge < -0.3 is 0 Å². The third kappa shape index (κ3) is 0.964. The number of hydrogen-bond donors (Lipinski definition) is 0. The van der Waals surface area contributed by atoms with Gasteiger partial charge in [-0.15, -0.1) is 0 Å². The van der Waals surface area contributed by atoms with Gasteiger partial charge in [-0.25, -0.2) is 0 Å². The molecule has 2 heteroatoms. The van der Waals surface area contributed by atoms with Crippen LogP contribution in [0.4, 0.5) is 5.69 Å². The van der Waals surface area contributed by atoms with Gasteiger partial charge in [0, 0.05) is 13.2 Å².